The van der Waals surface area contributed by atoms with Gasteiger partial charge in [-0.3, -0.25) is 9.89 Å². The minimum atomic E-state index is -3.05. The van der Waals surface area contributed by atoms with Gasteiger partial charge in [-0.25, -0.2) is 8.42 Å². The third kappa shape index (κ3) is 4.66. The van der Waals surface area contributed by atoms with Crippen LogP contribution in [0.15, 0.2) is 22.5 Å². The number of aliphatic imine (C=N–C) groups is 1. The molecule has 1 aromatic rings. The van der Waals surface area contributed by atoms with Crippen molar-refractivity contribution in [2.75, 3.05) is 45.0 Å². The Kier molecular flexibility index (Phi) is 6.48. The molecule has 0 saturated carbocycles. The van der Waals surface area contributed by atoms with Crippen LogP contribution in [0.1, 0.15) is 44.5 Å². The van der Waals surface area contributed by atoms with Crippen molar-refractivity contribution in [3.63, 3.8) is 0 Å². The smallest absolute Gasteiger partial charge is 0.194 e. The lowest BCUT2D eigenvalue weighted by atomic mass is 10.2. The summed E-state index contributed by atoms with van der Waals surface area (Å²) >= 11 is 1.79. The summed E-state index contributed by atoms with van der Waals surface area (Å²) in [6, 6.07) is 4.62. The summed E-state index contributed by atoms with van der Waals surface area (Å²) < 4.78 is 23.9. The zero-order valence-corrected chi connectivity index (χ0v) is 18.3. The van der Waals surface area contributed by atoms with Crippen molar-refractivity contribution in [1.29, 1.82) is 0 Å². The van der Waals surface area contributed by atoms with Gasteiger partial charge in [0.25, 0.3) is 0 Å². The molecule has 0 bridgehead atoms. The van der Waals surface area contributed by atoms with Gasteiger partial charge in [0.15, 0.2) is 15.8 Å². The fourth-order valence-corrected chi connectivity index (χ4v) is 6.06. The summed E-state index contributed by atoms with van der Waals surface area (Å²) in [6.45, 7) is 10.4. The molecule has 0 aliphatic carbocycles. The average molecular weight is 413 g/mol. The van der Waals surface area contributed by atoms with Gasteiger partial charge in [0.1, 0.15) is 0 Å². The third-order valence-corrected chi connectivity index (χ3v) is 9.05. The highest BCUT2D eigenvalue weighted by molar-refractivity contribution is 7.92. The maximum absolute atomic E-state index is 12.3. The van der Waals surface area contributed by atoms with E-state index in [1.807, 2.05) is 13.8 Å². The molecule has 1 aromatic heterocycles. The first-order chi connectivity index (χ1) is 12.8. The Hall–Kier alpha value is -1.12. The Balaban J connectivity index is 1.78. The Morgan fingerprint density at radius 3 is 2.67 bits per heavy atom. The van der Waals surface area contributed by atoms with Gasteiger partial charge in [-0.15, -0.1) is 11.3 Å². The van der Waals surface area contributed by atoms with Crippen molar-refractivity contribution in [3.05, 3.63) is 22.4 Å². The second-order valence-electron chi connectivity index (χ2n) is 7.97. The Bertz CT molecular complexity index is 738. The largest absolute Gasteiger partial charge is 0.357 e. The fraction of sp³-hybridized carbons (Fsp3) is 0.737. The van der Waals surface area contributed by atoms with Gasteiger partial charge in [0, 0.05) is 24.5 Å². The number of hydrogen-bond donors (Lipinski definition) is 1. The molecule has 2 aliphatic rings. The van der Waals surface area contributed by atoms with E-state index in [2.05, 4.69) is 39.6 Å². The van der Waals surface area contributed by atoms with E-state index in [1.54, 1.807) is 11.3 Å². The molecule has 1 N–H and O–H groups in total. The van der Waals surface area contributed by atoms with Gasteiger partial charge in [0.05, 0.1) is 23.1 Å². The molecule has 2 saturated heterocycles. The van der Waals surface area contributed by atoms with Crippen molar-refractivity contribution in [2.24, 2.45) is 4.99 Å². The van der Waals surface area contributed by atoms with E-state index in [0.717, 1.165) is 25.6 Å². The Labute approximate surface area is 167 Å². The maximum atomic E-state index is 12.3. The molecule has 0 spiro atoms. The molecule has 0 amide bonds. The van der Waals surface area contributed by atoms with Crippen LogP contribution in [0, 0.1) is 0 Å². The van der Waals surface area contributed by atoms with Crippen LogP contribution in [0.5, 0.6) is 0 Å². The van der Waals surface area contributed by atoms with E-state index in [4.69, 9.17) is 4.99 Å². The number of likely N-dealkylation sites (tertiary alicyclic amines) is 1. The second-order valence-corrected chi connectivity index (χ2v) is 11.7. The minimum Gasteiger partial charge on any atom is -0.357 e. The van der Waals surface area contributed by atoms with Crippen molar-refractivity contribution in [3.8, 4) is 0 Å². The predicted octanol–water partition coefficient (Wildman–Crippen LogP) is 2.36. The number of sulfone groups is 1. The summed E-state index contributed by atoms with van der Waals surface area (Å²) in [6.07, 6.45) is 2.51. The van der Waals surface area contributed by atoms with Crippen molar-refractivity contribution in [1.82, 2.24) is 15.1 Å². The molecule has 2 aliphatic heterocycles. The van der Waals surface area contributed by atoms with Crippen LogP contribution in [0.4, 0.5) is 0 Å². The molecule has 0 radical (unpaired) electrons. The van der Waals surface area contributed by atoms with E-state index in [0.29, 0.717) is 25.7 Å². The third-order valence-electron chi connectivity index (χ3n) is 5.54. The Morgan fingerprint density at radius 1 is 1.33 bits per heavy atom. The molecular formula is C19H32N4O2S2. The zero-order chi connectivity index (χ0) is 19.5. The second kappa shape index (κ2) is 8.49. The van der Waals surface area contributed by atoms with Crippen LogP contribution < -0.4 is 5.32 Å². The van der Waals surface area contributed by atoms with Crippen LogP contribution in [0.25, 0.3) is 0 Å². The number of guanidine groups is 1. The molecule has 3 heterocycles. The van der Waals surface area contributed by atoms with Gasteiger partial charge in [-0.2, -0.15) is 0 Å². The topological polar surface area (TPSA) is 65.0 Å². The quantitative estimate of drug-likeness (QED) is 0.594. The molecule has 1 atom stereocenters. The predicted molar refractivity (Wildman–Crippen MR) is 113 cm³/mol. The number of hydrogen-bond acceptors (Lipinski definition) is 5. The fourth-order valence-electron chi connectivity index (χ4n) is 3.84. The van der Waals surface area contributed by atoms with Crippen LogP contribution in [-0.2, 0) is 9.84 Å². The molecule has 6 nitrogen and oxygen atoms in total. The molecule has 8 heteroatoms. The van der Waals surface area contributed by atoms with Gasteiger partial charge >= 0.3 is 0 Å². The van der Waals surface area contributed by atoms with Crippen LogP contribution in [0.3, 0.4) is 0 Å². The minimum absolute atomic E-state index is 0.185. The van der Waals surface area contributed by atoms with E-state index in [9.17, 15) is 8.42 Å². The highest BCUT2D eigenvalue weighted by Crippen LogP contribution is 2.29. The van der Waals surface area contributed by atoms with Gasteiger partial charge < -0.3 is 10.2 Å². The van der Waals surface area contributed by atoms with Crippen molar-refractivity contribution < 1.29 is 8.42 Å². The lowest BCUT2D eigenvalue weighted by molar-refractivity contribution is 0.254. The van der Waals surface area contributed by atoms with Crippen molar-refractivity contribution >= 4 is 27.1 Å². The van der Waals surface area contributed by atoms with Gasteiger partial charge in [-0.1, -0.05) is 6.07 Å². The van der Waals surface area contributed by atoms with Gasteiger partial charge in [0.2, 0.25) is 0 Å². The van der Waals surface area contributed by atoms with Crippen molar-refractivity contribution in [2.45, 2.75) is 44.4 Å². The number of nitrogens with zero attached hydrogens (tertiary/aromatic N) is 3. The average Bonchev–Trinajstić information content (AvgIpc) is 3.31. The molecule has 2 fully saturated rings. The van der Waals surface area contributed by atoms with E-state index < -0.39 is 14.6 Å². The van der Waals surface area contributed by atoms with Crippen LogP contribution in [-0.4, -0.2) is 73.9 Å². The lowest BCUT2D eigenvalue weighted by Crippen LogP contribution is -2.57. The van der Waals surface area contributed by atoms with Crippen LogP contribution >= 0.6 is 11.3 Å². The first kappa shape index (κ1) is 20.6. The van der Waals surface area contributed by atoms with E-state index in [-0.39, 0.29) is 5.75 Å². The van der Waals surface area contributed by atoms with E-state index in [1.165, 1.54) is 17.7 Å². The Morgan fingerprint density at radius 2 is 2.07 bits per heavy atom. The lowest BCUT2D eigenvalue weighted by Gasteiger charge is -2.39. The summed E-state index contributed by atoms with van der Waals surface area (Å²) in [7, 11) is -3.05. The molecule has 0 aromatic carbocycles. The zero-order valence-electron chi connectivity index (χ0n) is 16.6. The molecule has 152 valence electrons. The highest BCUT2D eigenvalue weighted by Gasteiger charge is 2.41. The summed E-state index contributed by atoms with van der Waals surface area (Å²) in [5.41, 5.74) is 0. The highest BCUT2D eigenvalue weighted by atomic mass is 32.2. The molecule has 3 rings (SSSR count). The molecular weight excluding hydrogens is 380 g/mol. The molecule has 27 heavy (non-hydrogen) atoms. The maximum Gasteiger partial charge on any atom is 0.194 e. The summed E-state index contributed by atoms with van der Waals surface area (Å²) in [5, 5.41) is 5.50. The summed E-state index contributed by atoms with van der Waals surface area (Å²) in [5.74, 6) is 1.02. The SMILES string of the molecule is CCNC(=NCC(c1cccs1)N1CCCC1)N1CCS(=O)(=O)C(C)(C)C1. The molecule has 1 unspecified atom stereocenters. The van der Waals surface area contributed by atoms with Crippen LogP contribution in [0.2, 0.25) is 0 Å². The van der Waals surface area contributed by atoms with E-state index >= 15 is 0 Å². The normalized spacial score (nSPS) is 24.1. The monoisotopic (exact) mass is 412 g/mol. The summed E-state index contributed by atoms with van der Waals surface area (Å²) in [4.78, 5) is 11.0. The first-order valence-electron chi connectivity index (χ1n) is 9.87. The number of rotatable bonds is 5. The number of thiophene rings is 1. The van der Waals surface area contributed by atoms with Gasteiger partial charge in [-0.05, 0) is 58.1 Å². The number of nitrogens with one attached hydrogen (secondary N) is 1. The standard InChI is InChI=1S/C19H32N4O2S2/c1-4-20-18(23-11-13-27(24,25)19(2,3)15-23)21-14-16(17-8-7-12-26-17)22-9-5-6-10-22/h7-8,12,16H,4-6,9-11,13-15H2,1-3H3,(H,20,21). The first-order valence-corrected chi connectivity index (χ1v) is 12.4.